The maximum absolute atomic E-state index is 12.3. The van der Waals surface area contributed by atoms with E-state index in [1.165, 1.54) is 12.8 Å². The molecule has 1 aromatic carbocycles. The van der Waals surface area contributed by atoms with E-state index in [0.717, 1.165) is 37.0 Å². The van der Waals surface area contributed by atoms with Crippen LogP contribution in [0.15, 0.2) is 29.1 Å². The van der Waals surface area contributed by atoms with Crippen LogP contribution in [0.3, 0.4) is 0 Å². The summed E-state index contributed by atoms with van der Waals surface area (Å²) in [4.78, 5) is 33.5. The number of carbonyl (C=O) groups is 1. The van der Waals surface area contributed by atoms with Crippen molar-refractivity contribution in [2.75, 3.05) is 13.1 Å². The minimum Gasteiger partial charge on any atom is -0.343 e. The molecule has 0 spiro atoms. The highest BCUT2D eigenvalue weighted by atomic mass is 16.2. The first kappa shape index (κ1) is 14.8. The van der Waals surface area contributed by atoms with Crippen LogP contribution in [0.25, 0.3) is 11.0 Å². The molecule has 5 nitrogen and oxygen atoms in total. The fourth-order valence-corrected chi connectivity index (χ4v) is 2.94. The van der Waals surface area contributed by atoms with Crippen molar-refractivity contribution in [2.45, 2.75) is 38.5 Å². The Morgan fingerprint density at radius 3 is 2.64 bits per heavy atom. The Morgan fingerprint density at radius 2 is 1.86 bits per heavy atom. The maximum atomic E-state index is 12.3. The number of benzene rings is 1. The van der Waals surface area contributed by atoms with E-state index in [2.05, 4.69) is 9.97 Å². The highest BCUT2D eigenvalue weighted by molar-refractivity contribution is 5.77. The lowest BCUT2D eigenvalue weighted by Crippen LogP contribution is -2.32. The van der Waals surface area contributed by atoms with E-state index in [4.69, 9.17) is 0 Å². The van der Waals surface area contributed by atoms with Crippen LogP contribution in [-0.2, 0) is 11.2 Å². The summed E-state index contributed by atoms with van der Waals surface area (Å²) in [5.41, 5.74) is 1.75. The molecule has 5 heteroatoms. The molecule has 0 unspecified atom stereocenters. The van der Waals surface area contributed by atoms with Crippen molar-refractivity contribution in [3.05, 3.63) is 40.3 Å². The van der Waals surface area contributed by atoms with Crippen molar-refractivity contribution in [1.29, 1.82) is 0 Å². The van der Waals surface area contributed by atoms with Crippen LogP contribution >= 0.6 is 0 Å². The molecule has 1 aromatic heterocycles. The number of aromatic nitrogens is 2. The van der Waals surface area contributed by atoms with Crippen LogP contribution in [-0.4, -0.2) is 33.9 Å². The summed E-state index contributed by atoms with van der Waals surface area (Å²) in [5, 5.41) is 0. The second kappa shape index (κ2) is 6.73. The van der Waals surface area contributed by atoms with Crippen molar-refractivity contribution in [3.8, 4) is 0 Å². The van der Waals surface area contributed by atoms with Crippen LogP contribution in [0.4, 0.5) is 0 Å². The number of hydrogen-bond donors (Lipinski definition) is 1. The minimum absolute atomic E-state index is 0.135. The van der Waals surface area contributed by atoms with Crippen molar-refractivity contribution in [3.63, 3.8) is 0 Å². The van der Waals surface area contributed by atoms with Gasteiger partial charge in [0.1, 0.15) is 5.69 Å². The molecule has 0 atom stereocenters. The third kappa shape index (κ3) is 3.35. The number of nitrogens with one attached hydrogen (secondary N) is 1. The van der Waals surface area contributed by atoms with E-state index in [1.807, 2.05) is 29.2 Å². The molecule has 1 amide bonds. The lowest BCUT2D eigenvalue weighted by Gasteiger charge is -2.20. The van der Waals surface area contributed by atoms with E-state index < -0.39 is 0 Å². The predicted octanol–water partition coefficient (Wildman–Crippen LogP) is 2.26. The second-order valence-electron chi connectivity index (χ2n) is 5.82. The molecule has 0 radical (unpaired) electrons. The Bertz CT molecular complexity index is 715. The van der Waals surface area contributed by atoms with Crippen LogP contribution in [0.5, 0.6) is 0 Å². The molecule has 3 rings (SSSR count). The fourth-order valence-electron chi connectivity index (χ4n) is 2.94. The molecule has 0 bridgehead atoms. The lowest BCUT2D eigenvalue weighted by atomic mass is 10.2. The van der Waals surface area contributed by atoms with Crippen LogP contribution in [0, 0.1) is 0 Å². The minimum atomic E-state index is -0.192. The van der Waals surface area contributed by atoms with Gasteiger partial charge in [-0.05, 0) is 25.0 Å². The molecule has 1 aliphatic heterocycles. The van der Waals surface area contributed by atoms with E-state index >= 15 is 0 Å². The van der Waals surface area contributed by atoms with Crippen molar-refractivity contribution in [2.24, 2.45) is 0 Å². The van der Waals surface area contributed by atoms with E-state index in [0.29, 0.717) is 18.5 Å². The zero-order valence-corrected chi connectivity index (χ0v) is 12.7. The van der Waals surface area contributed by atoms with Crippen molar-refractivity contribution >= 4 is 16.9 Å². The largest absolute Gasteiger partial charge is 0.343 e. The Hall–Kier alpha value is -2.17. The number of aryl methyl sites for hydroxylation is 1. The molecule has 2 heterocycles. The number of hydrogen-bond acceptors (Lipinski definition) is 3. The first-order valence-corrected chi connectivity index (χ1v) is 8.00. The van der Waals surface area contributed by atoms with Gasteiger partial charge in [0.15, 0.2) is 0 Å². The summed E-state index contributed by atoms with van der Waals surface area (Å²) < 4.78 is 0. The van der Waals surface area contributed by atoms with Gasteiger partial charge in [0.2, 0.25) is 5.91 Å². The highest BCUT2D eigenvalue weighted by Gasteiger charge is 2.16. The summed E-state index contributed by atoms with van der Waals surface area (Å²) in [6.07, 6.45) is 5.33. The molecule has 0 saturated carbocycles. The van der Waals surface area contributed by atoms with E-state index in [-0.39, 0.29) is 11.5 Å². The van der Waals surface area contributed by atoms with Crippen molar-refractivity contribution < 1.29 is 4.79 Å². The number of fused-ring (bicyclic) bond motifs is 1. The van der Waals surface area contributed by atoms with E-state index in [1.54, 1.807) is 0 Å². The topological polar surface area (TPSA) is 66.1 Å². The first-order chi connectivity index (χ1) is 10.7. The summed E-state index contributed by atoms with van der Waals surface area (Å²) in [6, 6.07) is 7.45. The first-order valence-electron chi connectivity index (χ1n) is 8.00. The quantitative estimate of drug-likeness (QED) is 0.945. The monoisotopic (exact) mass is 299 g/mol. The van der Waals surface area contributed by atoms with Gasteiger partial charge in [-0.2, -0.15) is 0 Å². The SMILES string of the molecule is O=C(CCc1nc2ccccc2[nH]c1=O)N1CCCCCC1. The number of para-hydroxylation sites is 2. The number of carbonyl (C=O) groups excluding carboxylic acids is 1. The van der Waals surface area contributed by atoms with Crippen LogP contribution in [0.1, 0.15) is 37.8 Å². The highest BCUT2D eigenvalue weighted by Crippen LogP contribution is 2.12. The second-order valence-corrected chi connectivity index (χ2v) is 5.82. The molecular formula is C17H21N3O2. The summed E-state index contributed by atoms with van der Waals surface area (Å²) >= 11 is 0. The Morgan fingerprint density at radius 1 is 1.14 bits per heavy atom. The van der Waals surface area contributed by atoms with Crippen LogP contribution < -0.4 is 5.56 Å². The summed E-state index contributed by atoms with van der Waals surface area (Å²) in [7, 11) is 0. The zero-order valence-electron chi connectivity index (χ0n) is 12.7. The van der Waals surface area contributed by atoms with Gasteiger partial charge in [0.25, 0.3) is 5.56 Å². The summed E-state index contributed by atoms with van der Waals surface area (Å²) in [6.45, 7) is 1.70. The Labute approximate surface area is 129 Å². The smallest absolute Gasteiger partial charge is 0.270 e. The number of nitrogens with zero attached hydrogens (tertiary/aromatic N) is 2. The molecule has 116 valence electrons. The number of amides is 1. The van der Waals surface area contributed by atoms with Gasteiger partial charge in [0, 0.05) is 25.9 Å². The average Bonchev–Trinajstić information content (AvgIpc) is 2.82. The molecular weight excluding hydrogens is 278 g/mol. The zero-order chi connectivity index (χ0) is 15.4. The summed E-state index contributed by atoms with van der Waals surface area (Å²) in [5.74, 6) is 0.135. The molecule has 0 aliphatic carbocycles. The molecule has 1 fully saturated rings. The number of H-pyrrole nitrogens is 1. The third-order valence-electron chi connectivity index (χ3n) is 4.20. The maximum Gasteiger partial charge on any atom is 0.270 e. The number of rotatable bonds is 3. The van der Waals surface area contributed by atoms with Gasteiger partial charge in [0.05, 0.1) is 11.0 Å². The fraction of sp³-hybridized carbons (Fsp3) is 0.471. The van der Waals surface area contributed by atoms with Gasteiger partial charge < -0.3 is 9.88 Å². The lowest BCUT2D eigenvalue weighted by molar-refractivity contribution is -0.131. The predicted molar refractivity (Wildman–Crippen MR) is 85.7 cm³/mol. The number of likely N-dealkylation sites (tertiary alicyclic amines) is 1. The van der Waals surface area contributed by atoms with Gasteiger partial charge in [-0.15, -0.1) is 0 Å². The Kier molecular flexibility index (Phi) is 4.51. The van der Waals surface area contributed by atoms with E-state index in [9.17, 15) is 9.59 Å². The third-order valence-corrected chi connectivity index (χ3v) is 4.20. The average molecular weight is 299 g/mol. The van der Waals surface area contributed by atoms with Gasteiger partial charge in [-0.3, -0.25) is 9.59 Å². The standard InChI is InChI=1S/C17H21N3O2/c21-16(20-11-5-1-2-6-12-20)10-9-15-17(22)19-14-8-4-3-7-13(14)18-15/h3-4,7-8H,1-2,5-6,9-12H2,(H,19,22). The van der Waals surface area contributed by atoms with Gasteiger partial charge in [-0.1, -0.05) is 25.0 Å². The normalized spacial score (nSPS) is 15.7. The van der Waals surface area contributed by atoms with Gasteiger partial charge in [-0.25, -0.2) is 4.98 Å². The molecule has 1 N–H and O–H groups in total. The molecule has 1 aliphatic rings. The van der Waals surface area contributed by atoms with Crippen molar-refractivity contribution in [1.82, 2.24) is 14.9 Å². The van der Waals surface area contributed by atoms with Crippen LogP contribution in [0.2, 0.25) is 0 Å². The molecule has 2 aromatic rings. The number of aromatic amines is 1. The molecule has 1 saturated heterocycles. The van der Waals surface area contributed by atoms with Gasteiger partial charge >= 0.3 is 0 Å². The molecule has 22 heavy (non-hydrogen) atoms. The Balaban J connectivity index is 1.69.